The number of carbonyl (C=O) groups is 2. The van der Waals surface area contributed by atoms with E-state index in [0.29, 0.717) is 12.0 Å². The zero-order valence-electron chi connectivity index (χ0n) is 12.8. The van der Waals surface area contributed by atoms with Crippen molar-refractivity contribution in [1.29, 1.82) is 0 Å². The molecule has 0 aromatic rings. The molecular formula is C15H26N2O4. The third-order valence-corrected chi connectivity index (χ3v) is 4.98. The minimum absolute atomic E-state index is 0.258. The number of likely N-dealkylation sites (tertiary alicyclic amines) is 1. The van der Waals surface area contributed by atoms with Crippen molar-refractivity contribution in [2.24, 2.45) is 5.41 Å². The molecule has 2 rings (SSSR count). The van der Waals surface area contributed by atoms with Crippen LogP contribution in [0.25, 0.3) is 0 Å². The summed E-state index contributed by atoms with van der Waals surface area (Å²) in [5, 5.41) is 11.7. The van der Waals surface area contributed by atoms with Gasteiger partial charge in [0.05, 0.1) is 0 Å². The van der Waals surface area contributed by atoms with Crippen molar-refractivity contribution in [3.63, 3.8) is 0 Å². The molecule has 6 heteroatoms. The highest BCUT2D eigenvalue weighted by Crippen LogP contribution is 2.46. The molecule has 0 aromatic carbocycles. The molecule has 0 radical (unpaired) electrons. The summed E-state index contributed by atoms with van der Waals surface area (Å²) in [4.78, 5) is 25.1. The first kappa shape index (κ1) is 16.1. The number of carboxylic acid groups (broad SMARTS) is 1. The Kier molecular flexibility index (Phi) is 5.45. The lowest BCUT2D eigenvalue weighted by Crippen LogP contribution is -2.51. The van der Waals surface area contributed by atoms with Gasteiger partial charge in [0, 0.05) is 33.2 Å². The van der Waals surface area contributed by atoms with Gasteiger partial charge in [-0.05, 0) is 31.1 Å². The van der Waals surface area contributed by atoms with Gasteiger partial charge in [0.1, 0.15) is 6.04 Å². The Morgan fingerprint density at radius 3 is 2.38 bits per heavy atom. The monoisotopic (exact) mass is 298 g/mol. The molecule has 6 nitrogen and oxygen atoms in total. The van der Waals surface area contributed by atoms with Crippen LogP contribution in [0.1, 0.15) is 44.9 Å². The van der Waals surface area contributed by atoms with Gasteiger partial charge in [0.15, 0.2) is 0 Å². The Morgan fingerprint density at radius 1 is 1.24 bits per heavy atom. The molecule has 120 valence electrons. The number of hydrogen-bond acceptors (Lipinski definition) is 3. The molecule has 1 saturated heterocycles. The van der Waals surface area contributed by atoms with Crippen LogP contribution in [0.2, 0.25) is 0 Å². The summed E-state index contributed by atoms with van der Waals surface area (Å²) < 4.78 is 4.88. The minimum atomic E-state index is -1.01. The second-order valence-corrected chi connectivity index (χ2v) is 6.32. The summed E-state index contributed by atoms with van der Waals surface area (Å²) in [5.41, 5.74) is 0.457. The maximum absolute atomic E-state index is 12.2. The SMILES string of the molecule is COCCC(NC(=O)N1CCC2(CCCC2)CC1)C(=O)O. The van der Waals surface area contributed by atoms with E-state index in [1.165, 1.54) is 32.8 Å². The molecule has 2 fully saturated rings. The predicted molar refractivity (Wildman–Crippen MR) is 78.2 cm³/mol. The number of aliphatic carboxylic acids is 1. The van der Waals surface area contributed by atoms with Crippen molar-refractivity contribution in [2.75, 3.05) is 26.8 Å². The van der Waals surface area contributed by atoms with Gasteiger partial charge in [0.25, 0.3) is 0 Å². The normalized spacial score (nSPS) is 22.2. The third kappa shape index (κ3) is 4.09. The van der Waals surface area contributed by atoms with Crippen molar-refractivity contribution < 1.29 is 19.4 Å². The van der Waals surface area contributed by atoms with Crippen LogP contribution in [0.15, 0.2) is 0 Å². The number of nitrogens with one attached hydrogen (secondary N) is 1. The minimum Gasteiger partial charge on any atom is -0.480 e. The van der Waals surface area contributed by atoms with Crippen LogP contribution in [0.3, 0.4) is 0 Å². The molecule has 0 bridgehead atoms. The summed E-state index contributed by atoms with van der Waals surface area (Å²) in [6.07, 6.45) is 7.58. The fourth-order valence-electron chi connectivity index (χ4n) is 3.54. The van der Waals surface area contributed by atoms with Crippen LogP contribution >= 0.6 is 0 Å². The Hall–Kier alpha value is -1.30. The first-order chi connectivity index (χ1) is 10.1. The van der Waals surface area contributed by atoms with Crippen molar-refractivity contribution in [3.8, 4) is 0 Å². The zero-order chi connectivity index (χ0) is 15.3. The molecule has 0 aromatic heterocycles. The number of hydrogen-bond donors (Lipinski definition) is 2. The van der Waals surface area contributed by atoms with Gasteiger partial charge in [0.2, 0.25) is 0 Å². The summed E-state index contributed by atoms with van der Waals surface area (Å²) >= 11 is 0. The highest BCUT2D eigenvalue weighted by molar-refractivity contribution is 5.82. The molecule has 1 aliphatic heterocycles. The molecule has 2 aliphatic rings. The lowest BCUT2D eigenvalue weighted by atomic mass is 9.77. The van der Waals surface area contributed by atoms with E-state index in [1.54, 1.807) is 4.90 Å². The average Bonchev–Trinajstić information content (AvgIpc) is 2.92. The van der Waals surface area contributed by atoms with Gasteiger partial charge in [-0.2, -0.15) is 0 Å². The van der Waals surface area contributed by atoms with Crippen LogP contribution in [0.4, 0.5) is 4.79 Å². The highest BCUT2D eigenvalue weighted by atomic mass is 16.5. The molecule has 1 unspecified atom stereocenters. The molecule has 1 atom stereocenters. The number of ether oxygens (including phenoxy) is 1. The zero-order valence-corrected chi connectivity index (χ0v) is 12.8. The van der Waals surface area contributed by atoms with E-state index < -0.39 is 12.0 Å². The molecular weight excluding hydrogens is 272 g/mol. The molecule has 1 heterocycles. The second kappa shape index (κ2) is 7.11. The lowest BCUT2D eigenvalue weighted by molar-refractivity contribution is -0.139. The van der Waals surface area contributed by atoms with E-state index in [0.717, 1.165) is 25.9 Å². The van der Waals surface area contributed by atoms with E-state index in [-0.39, 0.29) is 12.5 Å². The van der Waals surface area contributed by atoms with E-state index in [4.69, 9.17) is 9.84 Å². The second-order valence-electron chi connectivity index (χ2n) is 6.32. The molecule has 2 amide bonds. The van der Waals surface area contributed by atoms with E-state index in [9.17, 15) is 9.59 Å². The number of piperidine rings is 1. The van der Waals surface area contributed by atoms with Gasteiger partial charge in [-0.3, -0.25) is 0 Å². The fraction of sp³-hybridized carbons (Fsp3) is 0.867. The molecule has 2 N–H and O–H groups in total. The Bertz CT molecular complexity index is 370. The van der Waals surface area contributed by atoms with Crippen LogP contribution < -0.4 is 5.32 Å². The molecule has 21 heavy (non-hydrogen) atoms. The lowest BCUT2D eigenvalue weighted by Gasteiger charge is -2.39. The first-order valence-electron chi connectivity index (χ1n) is 7.83. The van der Waals surface area contributed by atoms with E-state index >= 15 is 0 Å². The molecule has 1 saturated carbocycles. The Labute approximate surface area is 125 Å². The number of nitrogens with zero attached hydrogens (tertiary/aromatic N) is 1. The van der Waals surface area contributed by atoms with Crippen molar-refractivity contribution in [2.45, 2.75) is 51.0 Å². The number of methoxy groups -OCH3 is 1. The van der Waals surface area contributed by atoms with E-state index in [1.807, 2.05) is 0 Å². The maximum atomic E-state index is 12.2. The quantitative estimate of drug-likeness (QED) is 0.812. The average molecular weight is 298 g/mol. The third-order valence-electron chi connectivity index (χ3n) is 4.98. The first-order valence-corrected chi connectivity index (χ1v) is 7.83. The van der Waals surface area contributed by atoms with Gasteiger partial charge in [-0.1, -0.05) is 12.8 Å². The Balaban J connectivity index is 1.81. The summed E-state index contributed by atoms with van der Waals surface area (Å²) in [6.45, 7) is 1.80. The number of amides is 2. The smallest absolute Gasteiger partial charge is 0.326 e. The van der Waals surface area contributed by atoms with Gasteiger partial charge in [-0.15, -0.1) is 0 Å². The predicted octanol–water partition coefficient (Wildman–Crippen LogP) is 1.84. The van der Waals surface area contributed by atoms with Crippen molar-refractivity contribution in [3.05, 3.63) is 0 Å². The van der Waals surface area contributed by atoms with Crippen LogP contribution in [0.5, 0.6) is 0 Å². The van der Waals surface area contributed by atoms with Crippen molar-refractivity contribution in [1.82, 2.24) is 10.2 Å². The van der Waals surface area contributed by atoms with Crippen molar-refractivity contribution >= 4 is 12.0 Å². The number of rotatable bonds is 5. The number of carboxylic acids is 1. The number of carbonyl (C=O) groups excluding carboxylic acids is 1. The molecule has 1 spiro atoms. The largest absolute Gasteiger partial charge is 0.480 e. The van der Waals surface area contributed by atoms with Gasteiger partial charge in [-0.25, -0.2) is 9.59 Å². The molecule has 1 aliphatic carbocycles. The highest BCUT2D eigenvalue weighted by Gasteiger charge is 2.38. The van der Waals surface area contributed by atoms with Crippen LogP contribution in [-0.4, -0.2) is 54.9 Å². The summed E-state index contributed by atoms with van der Waals surface area (Å²) in [6, 6.07) is -1.13. The summed E-state index contributed by atoms with van der Waals surface area (Å²) in [7, 11) is 1.52. The van der Waals surface area contributed by atoms with Crippen LogP contribution in [0, 0.1) is 5.41 Å². The topological polar surface area (TPSA) is 78.9 Å². The van der Waals surface area contributed by atoms with Gasteiger partial charge < -0.3 is 20.1 Å². The maximum Gasteiger partial charge on any atom is 0.326 e. The van der Waals surface area contributed by atoms with Gasteiger partial charge >= 0.3 is 12.0 Å². The fourth-order valence-corrected chi connectivity index (χ4v) is 3.54. The summed E-state index contributed by atoms with van der Waals surface area (Å²) in [5.74, 6) is -1.01. The van der Waals surface area contributed by atoms with Crippen LogP contribution in [-0.2, 0) is 9.53 Å². The number of urea groups is 1. The standard InChI is InChI=1S/C15H26N2O4/c1-21-11-4-12(13(18)19)16-14(20)17-9-7-15(8-10-17)5-2-3-6-15/h12H,2-11H2,1H3,(H,16,20)(H,18,19). The Morgan fingerprint density at radius 2 is 1.86 bits per heavy atom. The van der Waals surface area contributed by atoms with E-state index in [2.05, 4.69) is 5.32 Å².